The van der Waals surface area contributed by atoms with Crippen molar-refractivity contribution in [3.8, 4) is 0 Å². The van der Waals surface area contributed by atoms with E-state index in [1.165, 1.54) is 11.4 Å². The van der Waals surface area contributed by atoms with Crippen LogP contribution in [0.2, 0.25) is 0 Å². The molecule has 0 N–H and O–H groups in total. The van der Waals surface area contributed by atoms with Crippen molar-refractivity contribution >= 4 is 22.7 Å². The van der Waals surface area contributed by atoms with Crippen LogP contribution in [0, 0.1) is 0 Å². The number of rotatable bonds is 3. The lowest BCUT2D eigenvalue weighted by Crippen LogP contribution is -2.24. The van der Waals surface area contributed by atoms with Crippen LogP contribution in [0.5, 0.6) is 0 Å². The van der Waals surface area contributed by atoms with Crippen molar-refractivity contribution in [2.75, 3.05) is 0 Å². The van der Waals surface area contributed by atoms with Crippen molar-refractivity contribution < 1.29 is 14.4 Å². The summed E-state index contributed by atoms with van der Waals surface area (Å²) in [7, 11) is 0. The Morgan fingerprint density at radius 2 is 1.95 bits per heavy atom. The third-order valence-electron chi connectivity index (χ3n) is 2.93. The van der Waals surface area contributed by atoms with E-state index in [1.54, 1.807) is 18.2 Å². The van der Waals surface area contributed by atoms with Gasteiger partial charge >= 0.3 is 5.97 Å². The standard InChI is InChI=1S/C16H19ClN2O3/c1-11(19-18-14(17)9-10-21-19)12-5-7-13(8-6-12)15(20)22-16(2,3)4/h5-11H,1-4H3. The summed E-state index contributed by atoms with van der Waals surface area (Å²) >= 11 is 5.85. The third-order valence-corrected chi connectivity index (χ3v) is 3.13. The SMILES string of the molecule is CC(c1ccc(C(=O)OC(C)(C)C)cc1)N1N=C(Cl)C=CO1. The first-order valence-corrected chi connectivity index (χ1v) is 7.34. The highest BCUT2D eigenvalue weighted by Crippen LogP contribution is 2.24. The molecule has 1 aromatic carbocycles. The number of hydrogen-bond acceptors (Lipinski definition) is 5. The van der Waals surface area contributed by atoms with Crippen molar-refractivity contribution in [3.63, 3.8) is 0 Å². The van der Waals surface area contributed by atoms with E-state index in [9.17, 15) is 4.79 Å². The van der Waals surface area contributed by atoms with Gasteiger partial charge in [-0.25, -0.2) is 4.79 Å². The summed E-state index contributed by atoms with van der Waals surface area (Å²) < 4.78 is 5.33. The molecule has 2 rings (SSSR count). The minimum Gasteiger partial charge on any atom is -0.456 e. The summed E-state index contributed by atoms with van der Waals surface area (Å²) in [5.41, 5.74) is 0.936. The Morgan fingerprint density at radius 1 is 1.32 bits per heavy atom. The molecular weight excluding hydrogens is 304 g/mol. The highest BCUT2D eigenvalue weighted by Gasteiger charge is 2.20. The lowest BCUT2D eigenvalue weighted by molar-refractivity contribution is -0.135. The number of hydrogen-bond donors (Lipinski definition) is 0. The molecule has 1 unspecified atom stereocenters. The maximum atomic E-state index is 12.0. The molecule has 5 nitrogen and oxygen atoms in total. The van der Waals surface area contributed by atoms with E-state index in [2.05, 4.69) is 5.10 Å². The number of ether oxygens (including phenoxy) is 1. The molecule has 1 aliphatic heterocycles. The monoisotopic (exact) mass is 322 g/mol. The Hall–Kier alpha value is -2.01. The van der Waals surface area contributed by atoms with Gasteiger partial charge in [0.25, 0.3) is 0 Å². The molecule has 0 radical (unpaired) electrons. The van der Waals surface area contributed by atoms with E-state index in [-0.39, 0.29) is 12.0 Å². The average Bonchev–Trinajstić information content (AvgIpc) is 2.45. The van der Waals surface area contributed by atoms with Crippen molar-refractivity contribution in [1.29, 1.82) is 0 Å². The summed E-state index contributed by atoms with van der Waals surface area (Å²) in [6, 6.07) is 6.99. The van der Waals surface area contributed by atoms with Gasteiger partial charge in [-0.3, -0.25) is 0 Å². The number of esters is 1. The number of carbonyl (C=O) groups excluding carboxylic acids is 1. The van der Waals surface area contributed by atoms with Gasteiger partial charge in [-0.15, -0.1) is 10.3 Å². The van der Waals surface area contributed by atoms with E-state index in [0.717, 1.165) is 5.56 Å². The molecule has 0 fully saturated rings. The molecule has 1 aromatic rings. The predicted molar refractivity (Wildman–Crippen MR) is 85.4 cm³/mol. The second-order valence-electron chi connectivity index (χ2n) is 5.93. The molecule has 0 bridgehead atoms. The molecule has 0 aromatic heterocycles. The lowest BCUT2D eigenvalue weighted by atomic mass is 10.1. The van der Waals surface area contributed by atoms with Gasteiger partial charge in [-0.1, -0.05) is 23.7 Å². The van der Waals surface area contributed by atoms with Crippen molar-refractivity contribution in [2.45, 2.75) is 39.3 Å². The van der Waals surface area contributed by atoms with Crippen molar-refractivity contribution in [1.82, 2.24) is 5.17 Å². The fraction of sp³-hybridized carbons (Fsp3) is 0.375. The Kier molecular flexibility index (Phi) is 4.76. The Morgan fingerprint density at radius 3 is 2.50 bits per heavy atom. The number of nitrogens with zero attached hydrogens (tertiary/aromatic N) is 2. The van der Waals surface area contributed by atoms with Gasteiger partial charge in [0.1, 0.15) is 17.9 Å². The van der Waals surface area contributed by atoms with Crippen LogP contribution in [0.1, 0.15) is 49.7 Å². The maximum Gasteiger partial charge on any atom is 0.338 e. The topological polar surface area (TPSA) is 51.1 Å². The third kappa shape index (κ3) is 4.24. The Balaban J connectivity index is 2.08. The molecule has 0 saturated carbocycles. The number of hydroxylamine groups is 1. The number of benzene rings is 1. The first kappa shape index (κ1) is 16.4. The van der Waals surface area contributed by atoms with E-state index in [0.29, 0.717) is 10.7 Å². The van der Waals surface area contributed by atoms with Crippen LogP contribution in [0.25, 0.3) is 0 Å². The summed E-state index contributed by atoms with van der Waals surface area (Å²) in [4.78, 5) is 17.3. The molecule has 1 heterocycles. The van der Waals surface area contributed by atoms with Crippen LogP contribution in [0.4, 0.5) is 0 Å². The fourth-order valence-electron chi connectivity index (χ4n) is 1.84. The van der Waals surface area contributed by atoms with Crippen LogP contribution in [-0.4, -0.2) is 21.9 Å². The smallest absolute Gasteiger partial charge is 0.338 e. The van der Waals surface area contributed by atoms with E-state index in [1.807, 2.05) is 39.8 Å². The van der Waals surface area contributed by atoms with E-state index < -0.39 is 5.60 Å². The molecule has 0 spiro atoms. The number of halogens is 1. The van der Waals surface area contributed by atoms with Crippen LogP contribution in [-0.2, 0) is 9.57 Å². The first-order chi connectivity index (χ1) is 10.3. The Labute approximate surface area is 135 Å². The van der Waals surface area contributed by atoms with Gasteiger partial charge in [0, 0.05) is 6.08 Å². The average molecular weight is 323 g/mol. The molecule has 1 aliphatic rings. The zero-order valence-corrected chi connectivity index (χ0v) is 13.8. The van der Waals surface area contributed by atoms with Gasteiger partial charge in [0.2, 0.25) is 0 Å². The molecule has 6 heteroatoms. The summed E-state index contributed by atoms with van der Waals surface area (Å²) in [6.07, 6.45) is 3.04. The molecule has 1 atom stereocenters. The quantitative estimate of drug-likeness (QED) is 0.789. The second-order valence-corrected chi connectivity index (χ2v) is 6.32. The van der Waals surface area contributed by atoms with Gasteiger partial charge in [-0.05, 0) is 45.4 Å². The fourth-order valence-corrected chi connectivity index (χ4v) is 1.97. The van der Waals surface area contributed by atoms with Crippen LogP contribution >= 0.6 is 11.6 Å². The molecule has 118 valence electrons. The zero-order valence-electron chi connectivity index (χ0n) is 13.0. The van der Waals surface area contributed by atoms with E-state index in [4.69, 9.17) is 21.2 Å². The summed E-state index contributed by atoms with van der Waals surface area (Å²) in [5, 5.41) is 5.84. The summed E-state index contributed by atoms with van der Waals surface area (Å²) in [5.74, 6) is -0.343. The number of allylic oxidation sites excluding steroid dienone is 1. The summed E-state index contributed by atoms with van der Waals surface area (Å²) in [6.45, 7) is 7.44. The highest BCUT2D eigenvalue weighted by atomic mass is 35.5. The minimum atomic E-state index is -0.511. The number of hydrazone groups is 1. The van der Waals surface area contributed by atoms with Gasteiger partial charge in [-0.2, -0.15) is 0 Å². The van der Waals surface area contributed by atoms with Crippen molar-refractivity contribution in [2.24, 2.45) is 5.10 Å². The Bertz CT molecular complexity index is 603. The van der Waals surface area contributed by atoms with E-state index >= 15 is 0 Å². The van der Waals surface area contributed by atoms with Gasteiger partial charge in [0.15, 0.2) is 5.17 Å². The second kappa shape index (κ2) is 6.40. The minimum absolute atomic E-state index is 0.147. The molecular formula is C16H19ClN2O3. The molecule has 0 amide bonds. The van der Waals surface area contributed by atoms with Crippen LogP contribution < -0.4 is 0 Å². The first-order valence-electron chi connectivity index (χ1n) is 6.96. The lowest BCUT2D eigenvalue weighted by Gasteiger charge is -2.26. The largest absolute Gasteiger partial charge is 0.456 e. The predicted octanol–water partition coefficient (Wildman–Crippen LogP) is 4.02. The molecule has 0 aliphatic carbocycles. The molecule has 22 heavy (non-hydrogen) atoms. The zero-order chi connectivity index (χ0) is 16.3. The maximum absolute atomic E-state index is 12.0. The van der Waals surface area contributed by atoms with Crippen molar-refractivity contribution in [3.05, 3.63) is 47.7 Å². The van der Waals surface area contributed by atoms with Gasteiger partial charge in [0.05, 0.1) is 5.56 Å². The van der Waals surface area contributed by atoms with Crippen LogP contribution in [0.3, 0.4) is 0 Å². The van der Waals surface area contributed by atoms with Gasteiger partial charge < -0.3 is 9.57 Å². The molecule has 0 saturated heterocycles. The number of carbonyl (C=O) groups is 1. The van der Waals surface area contributed by atoms with Crippen LogP contribution in [0.15, 0.2) is 41.7 Å². The normalized spacial score (nSPS) is 15.9. The highest BCUT2D eigenvalue weighted by molar-refractivity contribution is 6.68.